The van der Waals surface area contributed by atoms with E-state index in [0.717, 1.165) is 29.7 Å². The molecule has 0 spiro atoms. The van der Waals surface area contributed by atoms with Crippen molar-refractivity contribution in [2.45, 2.75) is 33.6 Å². The number of para-hydroxylation sites is 1. The summed E-state index contributed by atoms with van der Waals surface area (Å²) in [4.78, 5) is 28.1. The Morgan fingerprint density at radius 2 is 1.64 bits per heavy atom. The number of carbonyl (C=O) groups excluding carboxylic acids is 2. The first kappa shape index (κ1) is 27.6. The molecule has 39 heavy (non-hydrogen) atoms. The third kappa shape index (κ3) is 7.31. The summed E-state index contributed by atoms with van der Waals surface area (Å²) in [5, 5.41) is 10.6. The third-order valence-electron chi connectivity index (χ3n) is 6.36. The van der Waals surface area contributed by atoms with E-state index >= 15 is 0 Å². The third-order valence-corrected chi connectivity index (χ3v) is 6.36. The van der Waals surface area contributed by atoms with Gasteiger partial charge in [0.25, 0.3) is 0 Å². The van der Waals surface area contributed by atoms with Crippen LogP contribution in [0.4, 0.5) is 20.7 Å². The molecule has 0 aliphatic rings. The summed E-state index contributed by atoms with van der Waals surface area (Å²) in [6.45, 7) is 6.48. The van der Waals surface area contributed by atoms with Crippen LogP contribution in [0.15, 0.2) is 84.9 Å². The van der Waals surface area contributed by atoms with Gasteiger partial charge in [-0.1, -0.05) is 69.3 Å². The van der Waals surface area contributed by atoms with Gasteiger partial charge < -0.3 is 15.5 Å². The fourth-order valence-corrected chi connectivity index (χ4v) is 4.17. The lowest BCUT2D eigenvalue weighted by molar-refractivity contribution is -0.116. The van der Waals surface area contributed by atoms with Crippen LogP contribution in [0.2, 0.25) is 0 Å². The van der Waals surface area contributed by atoms with Crippen molar-refractivity contribution < 1.29 is 14.0 Å². The van der Waals surface area contributed by atoms with E-state index in [9.17, 15) is 14.0 Å². The highest BCUT2D eigenvalue weighted by atomic mass is 19.1. The van der Waals surface area contributed by atoms with Crippen molar-refractivity contribution >= 4 is 23.4 Å². The molecule has 202 valence electrons. The number of halogens is 1. The first-order valence-corrected chi connectivity index (χ1v) is 13.2. The molecule has 3 aromatic carbocycles. The highest BCUT2D eigenvalue weighted by Gasteiger charge is 2.21. The molecule has 0 radical (unpaired) electrons. The van der Waals surface area contributed by atoms with Crippen LogP contribution >= 0.6 is 0 Å². The Morgan fingerprint density at radius 1 is 0.949 bits per heavy atom. The lowest BCUT2D eigenvalue weighted by Gasteiger charge is -2.24. The number of hydrogen-bond acceptors (Lipinski definition) is 3. The minimum absolute atomic E-state index is 0.137. The van der Waals surface area contributed by atoms with Crippen LogP contribution in [0.5, 0.6) is 0 Å². The minimum atomic E-state index is -0.365. The Balaban J connectivity index is 1.57. The Labute approximate surface area is 228 Å². The second kappa shape index (κ2) is 12.9. The van der Waals surface area contributed by atoms with Gasteiger partial charge in [0, 0.05) is 23.9 Å². The topological polar surface area (TPSA) is 79.3 Å². The van der Waals surface area contributed by atoms with Gasteiger partial charge in [-0.2, -0.15) is 5.10 Å². The lowest BCUT2D eigenvalue weighted by Crippen LogP contribution is -2.41. The number of nitrogens with zero attached hydrogens (tertiary/aromatic N) is 3. The van der Waals surface area contributed by atoms with E-state index in [2.05, 4.69) is 29.6 Å². The molecule has 0 unspecified atom stereocenters. The number of benzene rings is 3. The standard InChI is InChI=1S/C31H34FN5O2/c1-4-23-10-8-9-13-27(23)33-31(39)36(19-18-22(2)3)21-30(38)34-29-20-28(24-11-6-5-7-12-24)35-37(29)26-16-14-25(32)15-17-26/h5-17,20,22H,4,18-19,21H2,1-3H3,(H,33,39)(H,34,38). The largest absolute Gasteiger partial charge is 0.322 e. The molecule has 2 N–H and O–H groups in total. The van der Waals surface area contributed by atoms with Crippen molar-refractivity contribution in [3.8, 4) is 16.9 Å². The minimum Gasteiger partial charge on any atom is -0.315 e. The second-order valence-corrected chi connectivity index (χ2v) is 9.76. The quantitative estimate of drug-likeness (QED) is 0.239. The zero-order chi connectivity index (χ0) is 27.8. The van der Waals surface area contributed by atoms with Crippen molar-refractivity contribution in [3.63, 3.8) is 0 Å². The first-order chi connectivity index (χ1) is 18.8. The molecule has 0 saturated heterocycles. The maximum atomic E-state index is 13.6. The van der Waals surface area contributed by atoms with E-state index in [0.29, 0.717) is 29.7 Å². The van der Waals surface area contributed by atoms with Crippen molar-refractivity contribution in [2.24, 2.45) is 5.92 Å². The molecule has 0 saturated carbocycles. The molecule has 0 aliphatic carbocycles. The highest BCUT2D eigenvalue weighted by Crippen LogP contribution is 2.25. The number of aryl methyl sites for hydroxylation is 1. The predicted octanol–water partition coefficient (Wildman–Crippen LogP) is 6.76. The number of rotatable bonds is 10. The van der Waals surface area contributed by atoms with Gasteiger partial charge in [-0.15, -0.1) is 0 Å². The molecule has 0 aliphatic heterocycles. The van der Waals surface area contributed by atoms with E-state index in [1.165, 1.54) is 17.0 Å². The molecule has 8 heteroatoms. The van der Waals surface area contributed by atoms with Crippen molar-refractivity contribution in [1.82, 2.24) is 14.7 Å². The maximum absolute atomic E-state index is 13.6. The fourth-order valence-electron chi connectivity index (χ4n) is 4.17. The summed E-state index contributed by atoms with van der Waals surface area (Å²) in [7, 11) is 0. The number of hydrogen-bond donors (Lipinski definition) is 2. The Hall–Kier alpha value is -4.46. The van der Waals surface area contributed by atoms with Gasteiger partial charge in [-0.05, 0) is 54.7 Å². The average Bonchev–Trinajstić information content (AvgIpc) is 3.35. The smallest absolute Gasteiger partial charge is 0.315 e. The number of carbonyl (C=O) groups is 2. The zero-order valence-corrected chi connectivity index (χ0v) is 22.5. The van der Waals surface area contributed by atoms with Crippen molar-refractivity contribution in [1.29, 1.82) is 0 Å². The maximum Gasteiger partial charge on any atom is 0.322 e. The van der Waals surface area contributed by atoms with Crippen LogP contribution in [-0.2, 0) is 11.2 Å². The molecule has 0 fully saturated rings. The molecule has 7 nitrogen and oxygen atoms in total. The van der Waals surface area contributed by atoms with Gasteiger partial charge in [0.15, 0.2) is 0 Å². The molecule has 1 heterocycles. The van der Waals surface area contributed by atoms with Crippen LogP contribution in [0.1, 0.15) is 32.8 Å². The number of anilines is 2. The van der Waals surface area contributed by atoms with Gasteiger partial charge in [-0.25, -0.2) is 13.9 Å². The first-order valence-electron chi connectivity index (χ1n) is 13.2. The van der Waals surface area contributed by atoms with Crippen LogP contribution in [0.3, 0.4) is 0 Å². The molecule has 0 atom stereocenters. The second-order valence-electron chi connectivity index (χ2n) is 9.76. The van der Waals surface area contributed by atoms with Crippen LogP contribution in [0, 0.1) is 11.7 Å². The fraction of sp³-hybridized carbons (Fsp3) is 0.258. The monoisotopic (exact) mass is 527 g/mol. The van der Waals surface area contributed by atoms with Crippen molar-refractivity contribution in [2.75, 3.05) is 23.7 Å². The van der Waals surface area contributed by atoms with Gasteiger partial charge in [0.1, 0.15) is 18.2 Å². The molecule has 0 bridgehead atoms. The number of urea groups is 1. The van der Waals surface area contributed by atoms with Crippen molar-refractivity contribution in [3.05, 3.63) is 96.3 Å². The van der Waals surface area contributed by atoms with E-state index in [1.54, 1.807) is 22.9 Å². The van der Waals surface area contributed by atoms with Gasteiger partial charge in [0.2, 0.25) is 5.91 Å². The molecule has 1 aromatic heterocycles. The predicted molar refractivity (Wildman–Crippen MR) is 153 cm³/mol. The van der Waals surface area contributed by atoms with Crippen LogP contribution in [0.25, 0.3) is 16.9 Å². The summed E-state index contributed by atoms with van der Waals surface area (Å²) in [5.74, 6) is 0.0578. The van der Waals surface area contributed by atoms with E-state index in [1.807, 2.05) is 61.5 Å². The highest BCUT2D eigenvalue weighted by molar-refractivity contribution is 5.97. The summed E-state index contributed by atoms with van der Waals surface area (Å²) in [6.07, 6.45) is 1.53. The summed E-state index contributed by atoms with van der Waals surface area (Å²) in [6, 6.07) is 24.6. The Kier molecular flexibility index (Phi) is 9.10. The molecular weight excluding hydrogens is 493 g/mol. The van der Waals surface area contributed by atoms with Crippen LogP contribution < -0.4 is 10.6 Å². The van der Waals surface area contributed by atoms with Gasteiger partial charge >= 0.3 is 6.03 Å². The lowest BCUT2D eigenvalue weighted by atomic mass is 10.1. The normalized spacial score (nSPS) is 10.9. The van der Waals surface area contributed by atoms with E-state index in [4.69, 9.17) is 0 Å². The Morgan fingerprint density at radius 3 is 2.33 bits per heavy atom. The SMILES string of the molecule is CCc1ccccc1NC(=O)N(CCC(C)C)CC(=O)Nc1cc(-c2ccccc2)nn1-c1ccc(F)cc1. The van der Waals surface area contributed by atoms with E-state index in [-0.39, 0.29) is 24.3 Å². The Bertz CT molecular complexity index is 1400. The number of nitrogens with one attached hydrogen (secondary N) is 2. The summed E-state index contributed by atoms with van der Waals surface area (Å²) >= 11 is 0. The van der Waals surface area contributed by atoms with Crippen LogP contribution in [-0.4, -0.2) is 39.7 Å². The molecule has 4 rings (SSSR count). The molecular formula is C31H34FN5O2. The van der Waals surface area contributed by atoms with Gasteiger partial charge in [-0.3, -0.25) is 4.79 Å². The average molecular weight is 528 g/mol. The van der Waals surface area contributed by atoms with Gasteiger partial charge in [0.05, 0.1) is 11.4 Å². The number of aromatic nitrogens is 2. The van der Waals surface area contributed by atoms with E-state index < -0.39 is 0 Å². The summed E-state index contributed by atoms with van der Waals surface area (Å²) < 4.78 is 15.2. The molecule has 3 amide bonds. The summed E-state index contributed by atoms with van der Waals surface area (Å²) in [5.41, 5.74) is 3.89. The zero-order valence-electron chi connectivity index (χ0n) is 22.5. The number of amides is 3. The molecule has 4 aromatic rings.